The van der Waals surface area contributed by atoms with E-state index in [0.29, 0.717) is 16.6 Å². The van der Waals surface area contributed by atoms with E-state index < -0.39 is 11.0 Å². The summed E-state index contributed by atoms with van der Waals surface area (Å²) in [7, 11) is 0. The highest BCUT2D eigenvalue weighted by atomic mass is 79.9. The summed E-state index contributed by atoms with van der Waals surface area (Å²) in [6.07, 6.45) is 1.91. The van der Waals surface area contributed by atoms with E-state index in [9.17, 15) is 14.9 Å². The first-order chi connectivity index (χ1) is 8.45. The van der Waals surface area contributed by atoms with Crippen LogP contribution in [0.1, 0.15) is 6.42 Å². The second-order valence-corrected chi connectivity index (χ2v) is 4.40. The van der Waals surface area contributed by atoms with Crippen molar-refractivity contribution in [2.75, 3.05) is 5.32 Å². The Morgan fingerprint density at radius 2 is 2.33 bits per heavy atom. The standard InChI is InChI=1S/C11H12BrN3O3/c1-2-3-9(13)11(16)14-7-4-5-10(15(17)18)8(12)6-7/h2,4-6,9H,1,3,13H2,(H,14,16). The first-order valence-corrected chi connectivity index (χ1v) is 5.86. The lowest BCUT2D eigenvalue weighted by Crippen LogP contribution is -2.35. The van der Waals surface area contributed by atoms with Crippen LogP contribution in [0.4, 0.5) is 11.4 Å². The molecule has 0 spiro atoms. The molecule has 1 rings (SSSR count). The molecule has 0 saturated heterocycles. The van der Waals surface area contributed by atoms with Gasteiger partial charge in [0.1, 0.15) is 0 Å². The van der Waals surface area contributed by atoms with Gasteiger partial charge in [0.15, 0.2) is 0 Å². The number of hydrogen-bond acceptors (Lipinski definition) is 4. The van der Waals surface area contributed by atoms with Gasteiger partial charge in [-0.3, -0.25) is 14.9 Å². The smallest absolute Gasteiger partial charge is 0.283 e. The lowest BCUT2D eigenvalue weighted by atomic mass is 10.2. The molecule has 96 valence electrons. The fourth-order valence-corrected chi connectivity index (χ4v) is 1.78. The van der Waals surface area contributed by atoms with Crippen molar-refractivity contribution in [1.29, 1.82) is 0 Å². The van der Waals surface area contributed by atoms with Crippen LogP contribution in [0.15, 0.2) is 35.3 Å². The fourth-order valence-electron chi connectivity index (χ4n) is 1.25. The van der Waals surface area contributed by atoms with Crippen LogP contribution in [0.5, 0.6) is 0 Å². The Morgan fingerprint density at radius 3 is 2.83 bits per heavy atom. The normalized spacial score (nSPS) is 11.7. The number of carbonyl (C=O) groups is 1. The number of rotatable bonds is 5. The van der Waals surface area contributed by atoms with Crippen LogP contribution in [0.2, 0.25) is 0 Å². The van der Waals surface area contributed by atoms with Gasteiger partial charge < -0.3 is 11.1 Å². The summed E-state index contributed by atoms with van der Waals surface area (Å²) in [5.74, 6) is -0.365. The highest BCUT2D eigenvalue weighted by Gasteiger charge is 2.15. The average molecular weight is 314 g/mol. The van der Waals surface area contributed by atoms with Crippen molar-refractivity contribution in [3.8, 4) is 0 Å². The Labute approximate surface area is 112 Å². The molecule has 0 saturated carbocycles. The van der Waals surface area contributed by atoms with E-state index in [2.05, 4.69) is 27.8 Å². The SMILES string of the molecule is C=CCC(N)C(=O)Nc1ccc([N+](=O)[O-])c(Br)c1. The van der Waals surface area contributed by atoms with E-state index in [-0.39, 0.29) is 11.6 Å². The Morgan fingerprint density at radius 1 is 1.67 bits per heavy atom. The number of amides is 1. The van der Waals surface area contributed by atoms with Gasteiger partial charge in [0.05, 0.1) is 15.4 Å². The quantitative estimate of drug-likeness (QED) is 0.494. The largest absolute Gasteiger partial charge is 0.325 e. The zero-order chi connectivity index (χ0) is 13.7. The number of nitro groups is 1. The molecule has 3 N–H and O–H groups in total. The molecule has 7 heteroatoms. The molecule has 1 aromatic rings. The molecule has 0 aliphatic rings. The second-order valence-electron chi connectivity index (χ2n) is 3.54. The number of nitrogens with zero attached hydrogens (tertiary/aromatic N) is 1. The van der Waals surface area contributed by atoms with E-state index in [4.69, 9.17) is 5.73 Å². The Balaban J connectivity index is 2.80. The number of nitrogens with two attached hydrogens (primary N) is 1. The van der Waals surface area contributed by atoms with Crippen LogP contribution in [0.25, 0.3) is 0 Å². The van der Waals surface area contributed by atoms with Crippen LogP contribution < -0.4 is 11.1 Å². The second kappa shape index (κ2) is 6.27. The highest BCUT2D eigenvalue weighted by molar-refractivity contribution is 9.10. The van der Waals surface area contributed by atoms with E-state index >= 15 is 0 Å². The maximum Gasteiger partial charge on any atom is 0.283 e. The summed E-state index contributed by atoms with van der Waals surface area (Å²) in [5.41, 5.74) is 5.96. The van der Waals surface area contributed by atoms with Crippen LogP contribution in [-0.2, 0) is 4.79 Å². The molecule has 0 aliphatic carbocycles. The summed E-state index contributed by atoms with van der Waals surface area (Å²) in [6.45, 7) is 3.49. The van der Waals surface area contributed by atoms with Gasteiger partial charge >= 0.3 is 0 Å². The summed E-state index contributed by atoms with van der Waals surface area (Å²) in [4.78, 5) is 21.7. The molecule has 0 radical (unpaired) electrons. The molecule has 0 aliphatic heterocycles. The van der Waals surface area contributed by atoms with E-state index in [1.165, 1.54) is 18.2 Å². The van der Waals surface area contributed by atoms with Crippen molar-refractivity contribution in [2.24, 2.45) is 5.73 Å². The number of anilines is 1. The van der Waals surface area contributed by atoms with Crippen molar-refractivity contribution in [3.63, 3.8) is 0 Å². The lowest BCUT2D eigenvalue weighted by Gasteiger charge is -2.10. The lowest BCUT2D eigenvalue weighted by molar-refractivity contribution is -0.385. The molecule has 0 fully saturated rings. The van der Waals surface area contributed by atoms with Crippen molar-refractivity contribution in [3.05, 3.63) is 45.4 Å². The third-order valence-electron chi connectivity index (χ3n) is 2.17. The monoisotopic (exact) mass is 313 g/mol. The highest BCUT2D eigenvalue weighted by Crippen LogP contribution is 2.27. The van der Waals surface area contributed by atoms with Crippen molar-refractivity contribution in [1.82, 2.24) is 0 Å². The van der Waals surface area contributed by atoms with Gasteiger partial charge in [-0.05, 0) is 34.5 Å². The third-order valence-corrected chi connectivity index (χ3v) is 2.80. The molecule has 1 aromatic carbocycles. The third kappa shape index (κ3) is 3.64. The van der Waals surface area contributed by atoms with Gasteiger partial charge in [-0.15, -0.1) is 6.58 Å². The molecule has 18 heavy (non-hydrogen) atoms. The maximum absolute atomic E-state index is 11.6. The number of halogens is 1. The minimum Gasteiger partial charge on any atom is -0.325 e. The van der Waals surface area contributed by atoms with Crippen LogP contribution in [0, 0.1) is 10.1 Å². The maximum atomic E-state index is 11.6. The first-order valence-electron chi connectivity index (χ1n) is 5.07. The zero-order valence-corrected chi connectivity index (χ0v) is 11.0. The van der Waals surface area contributed by atoms with E-state index in [0.717, 1.165) is 0 Å². The van der Waals surface area contributed by atoms with Gasteiger partial charge in [0.2, 0.25) is 5.91 Å². The number of carbonyl (C=O) groups excluding carboxylic acids is 1. The van der Waals surface area contributed by atoms with E-state index in [1.807, 2.05) is 0 Å². The minimum absolute atomic E-state index is 0.0663. The van der Waals surface area contributed by atoms with Gasteiger partial charge in [0, 0.05) is 11.8 Å². The molecule has 0 heterocycles. The predicted molar refractivity (Wildman–Crippen MR) is 72.2 cm³/mol. The molecule has 0 aromatic heterocycles. The van der Waals surface area contributed by atoms with Gasteiger partial charge in [0.25, 0.3) is 5.69 Å². The van der Waals surface area contributed by atoms with Crippen molar-refractivity contribution in [2.45, 2.75) is 12.5 Å². The molecule has 1 unspecified atom stereocenters. The molecule has 6 nitrogen and oxygen atoms in total. The topological polar surface area (TPSA) is 98.3 Å². The Hall–Kier alpha value is -1.73. The van der Waals surface area contributed by atoms with Crippen molar-refractivity contribution >= 4 is 33.2 Å². The molecular weight excluding hydrogens is 302 g/mol. The summed E-state index contributed by atoms with van der Waals surface area (Å²) in [6, 6.07) is 3.52. The summed E-state index contributed by atoms with van der Waals surface area (Å²) < 4.78 is 0.294. The predicted octanol–water partition coefficient (Wildman–Crippen LogP) is 2.20. The van der Waals surface area contributed by atoms with Gasteiger partial charge in [-0.25, -0.2) is 0 Å². The minimum atomic E-state index is -0.684. The fraction of sp³-hybridized carbons (Fsp3) is 0.182. The Bertz CT molecular complexity index is 490. The van der Waals surface area contributed by atoms with Gasteiger partial charge in [-0.1, -0.05) is 6.08 Å². The number of benzene rings is 1. The summed E-state index contributed by atoms with van der Waals surface area (Å²) >= 11 is 3.07. The number of nitrogens with one attached hydrogen (secondary N) is 1. The number of hydrogen-bond donors (Lipinski definition) is 2. The molecule has 0 bridgehead atoms. The molecule has 1 amide bonds. The van der Waals surface area contributed by atoms with Gasteiger partial charge in [-0.2, -0.15) is 0 Å². The van der Waals surface area contributed by atoms with Crippen LogP contribution in [-0.4, -0.2) is 16.9 Å². The molecule has 1 atom stereocenters. The van der Waals surface area contributed by atoms with Crippen molar-refractivity contribution < 1.29 is 9.72 Å². The summed E-state index contributed by atoms with van der Waals surface area (Å²) in [5, 5.41) is 13.2. The average Bonchev–Trinajstić information content (AvgIpc) is 2.28. The Kier molecular flexibility index (Phi) is 4.99. The first kappa shape index (κ1) is 14.3. The van der Waals surface area contributed by atoms with Crippen LogP contribution in [0.3, 0.4) is 0 Å². The van der Waals surface area contributed by atoms with Crippen LogP contribution >= 0.6 is 15.9 Å². The number of nitro benzene ring substituents is 1. The van der Waals surface area contributed by atoms with E-state index in [1.54, 1.807) is 6.08 Å². The zero-order valence-electron chi connectivity index (χ0n) is 9.43. The molecular formula is C11H12BrN3O3.